The van der Waals surface area contributed by atoms with Crippen molar-refractivity contribution in [3.05, 3.63) is 96.0 Å². The fourth-order valence-electron chi connectivity index (χ4n) is 3.61. The predicted octanol–water partition coefficient (Wildman–Crippen LogP) is 8.04. The Morgan fingerprint density at radius 1 is 0.577 bits per heavy atom. The predicted molar refractivity (Wildman–Crippen MR) is 115 cm³/mol. The van der Waals surface area contributed by atoms with Crippen molar-refractivity contribution in [1.29, 1.82) is 0 Å². The molecule has 4 aromatic carbocycles. The summed E-state index contributed by atoms with van der Waals surface area (Å²) < 4.78 is 2.64. The Balaban J connectivity index is 1.87. The van der Waals surface area contributed by atoms with E-state index in [1.807, 2.05) is 23.5 Å². The summed E-state index contributed by atoms with van der Waals surface area (Å²) in [5, 5.41) is 3.40. The van der Waals surface area contributed by atoms with Crippen LogP contribution in [-0.4, -0.2) is 0 Å². The molecule has 0 fully saturated rings. The minimum Gasteiger partial charge on any atom is -0.135 e. The molecule has 2 heteroatoms. The van der Waals surface area contributed by atoms with E-state index < -0.39 is 0 Å². The third kappa shape index (κ3) is 2.52. The lowest BCUT2D eigenvalue weighted by Gasteiger charge is -2.12. The van der Waals surface area contributed by atoms with Crippen molar-refractivity contribution in [3.63, 3.8) is 0 Å². The number of halogens is 1. The average molecular weight is 371 g/mol. The van der Waals surface area contributed by atoms with Crippen LogP contribution in [0.5, 0.6) is 0 Å². The SMILES string of the molecule is Clc1ccc(-c2cccc3sc4ccccc4c23)c(-c2ccccc2)c1. The topological polar surface area (TPSA) is 0 Å². The average Bonchev–Trinajstić information content (AvgIpc) is 3.07. The van der Waals surface area contributed by atoms with E-state index >= 15 is 0 Å². The van der Waals surface area contributed by atoms with Gasteiger partial charge in [-0.25, -0.2) is 0 Å². The molecule has 0 aliphatic rings. The number of hydrogen-bond donors (Lipinski definition) is 0. The number of thiophene rings is 1. The van der Waals surface area contributed by atoms with Gasteiger partial charge in [0.15, 0.2) is 0 Å². The highest BCUT2D eigenvalue weighted by atomic mass is 35.5. The molecule has 0 spiro atoms. The van der Waals surface area contributed by atoms with Crippen molar-refractivity contribution in [2.75, 3.05) is 0 Å². The van der Waals surface area contributed by atoms with Gasteiger partial charge >= 0.3 is 0 Å². The van der Waals surface area contributed by atoms with E-state index in [9.17, 15) is 0 Å². The molecule has 0 saturated heterocycles. The van der Waals surface area contributed by atoms with Crippen LogP contribution in [0, 0.1) is 0 Å². The highest BCUT2D eigenvalue weighted by Crippen LogP contribution is 2.43. The molecule has 0 saturated carbocycles. The molecule has 26 heavy (non-hydrogen) atoms. The van der Waals surface area contributed by atoms with Gasteiger partial charge in [-0.15, -0.1) is 11.3 Å². The summed E-state index contributed by atoms with van der Waals surface area (Å²) in [6, 6.07) is 31.9. The maximum atomic E-state index is 6.35. The van der Waals surface area contributed by atoms with Gasteiger partial charge in [-0.05, 0) is 46.5 Å². The molecule has 1 heterocycles. The summed E-state index contributed by atoms with van der Waals surface area (Å²) >= 11 is 8.20. The minimum atomic E-state index is 0.759. The van der Waals surface area contributed by atoms with Crippen molar-refractivity contribution in [1.82, 2.24) is 0 Å². The van der Waals surface area contributed by atoms with Crippen LogP contribution in [0.2, 0.25) is 5.02 Å². The minimum absolute atomic E-state index is 0.759. The molecule has 5 aromatic rings. The lowest BCUT2D eigenvalue weighted by Crippen LogP contribution is -1.86. The molecule has 0 bridgehead atoms. The molecular formula is C24H15ClS. The molecule has 1 aromatic heterocycles. The van der Waals surface area contributed by atoms with Crippen LogP contribution in [0.25, 0.3) is 42.4 Å². The molecule has 0 nitrogen and oxygen atoms in total. The van der Waals surface area contributed by atoms with Crippen molar-refractivity contribution in [3.8, 4) is 22.3 Å². The second-order valence-corrected chi connectivity index (χ2v) is 7.85. The second-order valence-electron chi connectivity index (χ2n) is 6.33. The van der Waals surface area contributed by atoms with E-state index in [0.29, 0.717) is 0 Å². The first-order valence-electron chi connectivity index (χ1n) is 8.57. The lowest BCUT2D eigenvalue weighted by molar-refractivity contribution is 1.60. The quantitative estimate of drug-likeness (QED) is 0.295. The van der Waals surface area contributed by atoms with Gasteiger partial charge in [0.1, 0.15) is 0 Å². The molecule has 0 N–H and O–H groups in total. The monoisotopic (exact) mass is 370 g/mol. The standard InChI is InChI=1S/C24H15ClS/c25-17-13-14-18(21(15-17)16-7-2-1-3-8-16)19-10-6-12-23-24(19)20-9-4-5-11-22(20)26-23/h1-15H. The molecule has 5 rings (SSSR count). The zero-order chi connectivity index (χ0) is 17.5. The Morgan fingerprint density at radius 3 is 2.23 bits per heavy atom. The Hall–Kier alpha value is -2.61. The summed E-state index contributed by atoms with van der Waals surface area (Å²) in [5.74, 6) is 0. The molecule has 0 atom stereocenters. The number of fused-ring (bicyclic) bond motifs is 3. The van der Waals surface area contributed by atoms with Gasteiger partial charge in [-0.3, -0.25) is 0 Å². The van der Waals surface area contributed by atoms with E-state index in [1.165, 1.54) is 42.4 Å². The fourth-order valence-corrected chi connectivity index (χ4v) is 4.91. The first kappa shape index (κ1) is 15.6. The Morgan fingerprint density at radius 2 is 1.35 bits per heavy atom. The molecule has 0 radical (unpaired) electrons. The van der Waals surface area contributed by atoms with Crippen LogP contribution < -0.4 is 0 Å². The fraction of sp³-hybridized carbons (Fsp3) is 0. The highest BCUT2D eigenvalue weighted by Gasteiger charge is 2.14. The number of rotatable bonds is 2. The Kier molecular flexibility index (Phi) is 3.77. The third-order valence-electron chi connectivity index (χ3n) is 4.76. The number of benzene rings is 4. The van der Waals surface area contributed by atoms with Crippen molar-refractivity contribution in [2.45, 2.75) is 0 Å². The van der Waals surface area contributed by atoms with Gasteiger partial charge in [-0.1, -0.05) is 78.3 Å². The zero-order valence-electron chi connectivity index (χ0n) is 13.9. The summed E-state index contributed by atoms with van der Waals surface area (Å²) in [4.78, 5) is 0. The van der Waals surface area contributed by atoms with E-state index in [-0.39, 0.29) is 0 Å². The summed E-state index contributed by atoms with van der Waals surface area (Å²) in [5.41, 5.74) is 4.83. The van der Waals surface area contributed by atoms with E-state index in [2.05, 4.69) is 78.9 Å². The van der Waals surface area contributed by atoms with Crippen LogP contribution >= 0.6 is 22.9 Å². The summed E-state index contributed by atoms with van der Waals surface area (Å²) in [6.45, 7) is 0. The van der Waals surface area contributed by atoms with Gasteiger partial charge in [0.05, 0.1) is 0 Å². The lowest BCUT2D eigenvalue weighted by atomic mass is 9.92. The molecule has 124 valence electrons. The van der Waals surface area contributed by atoms with Gasteiger partial charge in [-0.2, -0.15) is 0 Å². The van der Waals surface area contributed by atoms with Crippen LogP contribution in [0.15, 0.2) is 91.0 Å². The van der Waals surface area contributed by atoms with Gasteiger partial charge in [0.25, 0.3) is 0 Å². The maximum absolute atomic E-state index is 6.35. The Bertz CT molecular complexity index is 1240. The number of hydrogen-bond acceptors (Lipinski definition) is 1. The summed E-state index contributed by atoms with van der Waals surface area (Å²) in [7, 11) is 0. The van der Waals surface area contributed by atoms with Crippen molar-refractivity contribution in [2.24, 2.45) is 0 Å². The van der Waals surface area contributed by atoms with Crippen LogP contribution in [0.4, 0.5) is 0 Å². The molecule has 0 aliphatic heterocycles. The first-order valence-corrected chi connectivity index (χ1v) is 9.76. The van der Waals surface area contributed by atoms with Gasteiger partial charge in [0, 0.05) is 25.2 Å². The Labute approximate surface area is 161 Å². The van der Waals surface area contributed by atoms with Crippen LogP contribution in [0.1, 0.15) is 0 Å². The summed E-state index contributed by atoms with van der Waals surface area (Å²) in [6.07, 6.45) is 0. The van der Waals surface area contributed by atoms with Gasteiger partial charge < -0.3 is 0 Å². The zero-order valence-corrected chi connectivity index (χ0v) is 15.5. The smallest absolute Gasteiger partial charge is 0.0412 e. The first-order chi connectivity index (χ1) is 12.8. The van der Waals surface area contributed by atoms with Crippen LogP contribution in [0.3, 0.4) is 0 Å². The van der Waals surface area contributed by atoms with E-state index in [0.717, 1.165) is 5.02 Å². The molecule has 0 amide bonds. The van der Waals surface area contributed by atoms with E-state index in [4.69, 9.17) is 11.6 Å². The van der Waals surface area contributed by atoms with Gasteiger partial charge in [0.2, 0.25) is 0 Å². The second kappa shape index (κ2) is 6.28. The highest BCUT2D eigenvalue weighted by molar-refractivity contribution is 7.25. The molecular weight excluding hydrogens is 356 g/mol. The van der Waals surface area contributed by atoms with Crippen molar-refractivity contribution >= 4 is 43.1 Å². The molecule has 0 unspecified atom stereocenters. The maximum Gasteiger partial charge on any atom is 0.0412 e. The largest absolute Gasteiger partial charge is 0.135 e. The van der Waals surface area contributed by atoms with E-state index in [1.54, 1.807) is 0 Å². The van der Waals surface area contributed by atoms with Crippen molar-refractivity contribution < 1.29 is 0 Å². The normalized spacial score (nSPS) is 11.3. The third-order valence-corrected chi connectivity index (χ3v) is 6.13. The van der Waals surface area contributed by atoms with Crippen LogP contribution in [-0.2, 0) is 0 Å². The molecule has 0 aliphatic carbocycles.